The zero-order valence-electron chi connectivity index (χ0n) is 18.4. The number of nitrogens with one attached hydrogen (secondary N) is 1. The number of carbonyl (C=O) groups excluding carboxylic acids is 1. The summed E-state index contributed by atoms with van der Waals surface area (Å²) in [6, 6.07) is 0. The van der Waals surface area contributed by atoms with Gasteiger partial charge in [-0.05, 0) is 59.8 Å². The van der Waals surface area contributed by atoms with Crippen molar-refractivity contribution in [3.8, 4) is 0 Å². The normalized spacial score (nSPS) is 21.1. The fourth-order valence-electron chi connectivity index (χ4n) is 2.99. The first-order chi connectivity index (χ1) is 14.1. The largest absolute Gasteiger partial charge is 0.479 e. The lowest BCUT2D eigenvalue weighted by atomic mass is 10.1. The van der Waals surface area contributed by atoms with E-state index in [1.54, 1.807) is 0 Å². The topological polar surface area (TPSA) is 110 Å². The van der Waals surface area contributed by atoms with Crippen LogP contribution in [0.15, 0.2) is 34.9 Å². The smallest absolute Gasteiger partial charge is 0.330 e. The molecule has 168 valence electrons. The van der Waals surface area contributed by atoms with Crippen LogP contribution >= 0.6 is 11.8 Å². The van der Waals surface area contributed by atoms with Crippen LogP contribution in [-0.4, -0.2) is 45.0 Å². The molecule has 2 unspecified atom stereocenters. The van der Waals surface area contributed by atoms with Crippen LogP contribution in [0.2, 0.25) is 0 Å². The molecule has 1 saturated carbocycles. The van der Waals surface area contributed by atoms with Gasteiger partial charge in [-0.1, -0.05) is 34.9 Å². The van der Waals surface area contributed by atoms with Gasteiger partial charge in [0, 0.05) is 15.9 Å². The average molecular weight is 439 g/mol. The molecule has 0 aromatic carbocycles. The van der Waals surface area contributed by atoms with E-state index in [0.29, 0.717) is 12.2 Å². The van der Waals surface area contributed by atoms with Crippen molar-refractivity contribution < 1.29 is 19.6 Å². The van der Waals surface area contributed by atoms with Crippen molar-refractivity contribution >= 4 is 23.6 Å². The Hall–Kier alpha value is -2.09. The Labute approximate surface area is 183 Å². The van der Waals surface area contributed by atoms with Gasteiger partial charge in [0.25, 0.3) is 0 Å². The summed E-state index contributed by atoms with van der Waals surface area (Å²) >= 11 is 1.50. The Bertz CT molecular complexity index is 725. The molecule has 7 nitrogen and oxygen atoms in total. The van der Waals surface area contributed by atoms with Crippen molar-refractivity contribution in [2.45, 2.75) is 77.0 Å². The van der Waals surface area contributed by atoms with E-state index in [1.807, 2.05) is 0 Å². The Morgan fingerprint density at radius 1 is 1.10 bits per heavy atom. The van der Waals surface area contributed by atoms with Crippen LogP contribution in [0.4, 0.5) is 0 Å². The lowest BCUT2D eigenvalue weighted by Crippen LogP contribution is -2.46. The highest BCUT2D eigenvalue weighted by atomic mass is 32.2. The number of allylic oxidation sites excluding steroid dienone is 5. The van der Waals surface area contributed by atoms with Gasteiger partial charge in [0.15, 0.2) is 5.54 Å². The predicted molar refractivity (Wildman–Crippen MR) is 121 cm³/mol. The van der Waals surface area contributed by atoms with Crippen LogP contribution in [0.25, 0.3) is 0 Å². The molecular weight excluding hydrogens is 404 g/mol. The molecule has 1 rings (SSSR count). The summed E-state index contributed by atoms with van der Waals surface area (Å²) in [6.07, 6.45) is 10.8. The molecule has 2 N–H and O–H groups in total. The van der Waals surface area contributed by atoms with Crippen LogP contribution in [0.5, 0.6) is 0 Å². The SMILES string of the molecule is CC(C)=CCC/C(C)=C/CC/C(C)=C/CSC1CC1(NC(=O)CC[N+](=O)[O-])C(=O)O. The fourth-order valence-corrected chi connectivity index (χ4v) is 4.43. The Morgan fingerprint density at radius 3 is 2.27 bits per heavy atom. The van der Waals surface area contributed by atoms with Crippen LogP contribution in [0.1, 0.15) is 66.2 Å². The molecule has 0 aromatic heterocycles. The molecule has 0 aliphatic heterocycles. The summed E-state index contributed by atoms with van der Waals surface area (Å²) in [7, 11) is 0. The number of hydrogen-bond acceptors (Lipinski definition) is 5. The highest BCUT2D eigenvalue weighted by molar-refractivity contribution is 8.00. The molecule has 2 atom stereocenters. The number of rotatable bonds is 14. The fraction of sp³-hybridized carbons (Fsp3) is 0.636. The van der Waals surface area contributed by atoms with E-state index < -0.39 is 28.9 Å². The van der Waals surface area contributed by atoms with Crippen molar-refractivity contribution in [3.05, 3.63) is 45.1 Å². The third-order valence-corrected chi connectivity index (χ3v) is 6.34. The number of carboxylic acids is 1. The first kappa shape index (κ1) is 25.9. The standard InChI is InChI=1S/C22H34N2O5S/c1-16(2)7-5-8-17(3)9-6-10-18(4)12-14-30-19-15-22(19,21(26)27)23-20(25)11-13-24(28)29/h7,9,12,19H,5-6,8,10-11,13-15H2,1-4H3,(H,23,25)(H,26,27)/b17-9+,18-12+. The summed E-state index contributed by atoms with van der Waals surface area (Å²) in [5.74, 6) is -0.987. The first-order valence-electron chi connectivity index (χ1n) is 10.3. The highest BCUT2D eigenvalue weighted by Gasteiger charge is 2.62. The van der Waals surface area contributed by atoms with Crippen molar-refractivity contribution in [1.82, 2.24) is 5.32 Å². The monoisotopic (exact) mass is 438 g/mol. The molecule has 0 aromatic rings. The summed E-state index contributed by atoms with van der Waals surface area (Å²) in [4.78, 5) is 33.2. The second-order valence-electron chi connectivity index (χ2n) is 8.12. The molecule has 1 fully saturated rings. The summed E-state index contributed by atoms with van der Waals surface area (Å²) in [5.41, 5.74) is 2.71. The average Bonchev–Trinajstić information content (AvgIpc) is 3.33. The molecule has 0 heterocycles. The van der Waals surface area contributed by atoms with Crippen LogP contribution in [0.3, 0.4) is 0 Å². The number of aliphatic carboxylic acids is 1. The van der Waals surface area contributed by atoms with E-state index in [0.717, 1.165) is 25.7 Å². The molecule has 8 heteroatoms. The van der Waals surface area contributed by atoms with Crippen molar-refractivity contribution in [1.29, 1.82) is 0 Å². The van der Waals surface area contributed by atoms with E-state index in [-0.39, 0.29) is 11.7 Å². The Kier molecular flexibility index (Phi) is 10.9. The summed E-state index contributed by atoms with van der Waals surface area (Å²) in [6.45, 7) is 7.95. The van der Waals surface area contributed by atoms with E-state index in [2.05, 4.69) is 51.2 Å². The van der Waals surface area contributed by atoms with Gasteiger partial charge in [-0.2, -0.15) is 11.8 Å². The molecule has 1 aliphatic carbocycles. The van der Waals surface area contributed by atoms with Gasteiger partial charge < -0.3 is 10.4 Å². The molecule has 1 aliphatic rings. The van der Waals surface area contributed by atoms with Gasteiger partial charge in [-0.15, -0.1) is 0 Å². The second-order valence-corrected chi connectivity index (χ2v) is 9.35. The molecule has 30 heavy (non-hydrogen) atoms. The molecule has 0 radical (unpaired) electrons. The molecule has 1 amide bonds. The lowest BCUT2D eigenvalue weighted by molar-refractivity contribution is -0.478. The lowest BCUT2D eigenvalue weighted by Gasteiger charge is -2.14. The van der Waals surface area contributed by atoms with Crippen LogP contribution in [-0.2, 0) is 9.59 Å². The minimum atomic E-state index is -1.29. The van der Waals surface area contributed by atoms with Gasteiger partial charge in [0.2, 0.25) is 12.5 Å². The van der Waals surface area contributed by atoms with E-state index >= 15 is 0 Å². The van der Waals surface area contributed by atoms with E-state index in [4.69, 9.17) is 0 Å². The number of thioether (sulfide) groups is 1. The van der Waals surface area contributed by atoms with Crippen LogP contribution < -0.4 is 5.32 Å². The van der Waals surface area contributed by atoms with Gasteiger partial charge in [0.1, 0.15) is 0 Å². The zero-order valence-corrected chi connectivity index (χ0v) is 19.2. The summed E-state index contributed by atoms with van der Waals surface area (Å²) in [5, 5.41) is 22.1. The van der Waals surface area contributed by atoms with E-state index in [9.17, 15) is 24.8 Å². The molecule has 0 spiro atoms. The number of hydrogen-bond donors (Lipinski definition) is 2. The van der Waals surface area contributed by atoms with Crippen molar-refractivity contribution in [3.63, 3.8) is 0 Å². The van der Waals surface area contributed by atoms with Crippen molar-refractivity contribution in [2.75, 3.05) is 12.3 Å². The Morgan fingerprint density at radius 2 is 1.70 bits per heavy atom. The molecule has 0 bridgehead atoms. The third kappa shape index (κ3) is 9.61. The zero-order chi connectivity index (χ0) is 22.7. The molecule has 0 saturated heterocycles. The maximum atomic E-state index is 11.8. The van der Waals surface area contributed by atoms with Gasteiger partial charge >= 0.3 is 5.97 Å². The second kappa shape index (κ2) is 12.6. The summed E-state index contributed by atoms with van der Waals surface area (Å²) < 4.78 is 0. The number of carboxylic acid groups (broad SMARTS) is 1. The first-order valence-corrected chi connectivity index (χ1v) is 11.3. The highest BCUT2D eigenvalue weighted by Crippen LogP contribution is 2.46. The van der Waals surface area contributed by atoms with Gasteiger partial charge in [0.05, 0.1) is 6.42 Å². The molecular formula is C22H34N2O5S. The Balaban J connectivity index is 2.38. The maximum Gasteiger partial charge on any atom is 0.330 e. The minimum Gasteiger partial charge on any atom is -0.479 e. The maximum absolute atomic E-state index is 11.8. The quantitative estimate of drug-likeness (QED) is 0.234. The van der Waals surface area contributed by atoms with Gasteiger partial charge in [-0.25, -0.2) is 4.79 Å². The number of amides is 1. The van der Waals surface area contributed by atoms with E-state index in [1.165, 1.54) is 28.5 Å². The van der Waals surface area contributed by atoms with Crippen LogP contribution in [0, 0.1) is 10.1 Å². The number of carbonyl (C=O) groups is 2. The third-order valence-electron chi connectivity index (χ3n) is 5.01. The predicted octanol–water partition coefficient (Wildman–Crippen LogP) is 4.52. The number of nitro groups is 1. The van der Waals surface area contributed by atoms with Gasteiger partial charge in [-0.3, -0.25) is 14.9 Å². The van der Waals surface area contributed by atoms with Crippen molar-refractivity contribution in [2.24, 2.45) is 0 Å². The number of nitrogens with zero attached hydrogens (tertiary/aromatic N) is 1. The minimum absolute atomic E-state index is 0.212.